The second-order valence-corrected chi connectivity index (χ2v) is 6.41. The molecule has 94 valence electrons. The van der Waals surface area contributed by atoms with Gasteiger partial charge in [0.15, 0.2) is 0 Å². The fourth-order valence-corrected chi connectivity index (χ4v) is 3.80. The van der Waals surface area contributed by atoms with Crippen molar-refractivity contribution in [3.63, 3.8) is 0 Å². The number of rotatable bonds is 5. The summed E-state index contributed by atoms with van der Waals surface area (Å²) in [5.41, 5.74) is 1.58. The van der Waals surface area contributed by atoms with Crippen LogP contribution in [0.3, 0.4) is 0 Å². The maximum atomic E-state index is 3.74. The average Bonchev–Trinajstić information content (AvgIpc) is 3.07. The molecule has 0 bridgehead atoms. The minimum atomic E-state index is 0.623. The van der Waals surface area contributed by atoms with Crippen molar-refractivity contribution in [2.45, 2.75) is 44.2 Å². The molecule has 0 radical (unpaired) electrons. The molecule has 0 saturated heterocycles. The minimum absolute atomic E-state index is 0.623. The molecule has 0 aromatic carbocycles. The molecule has 2 aliphatic carbocycles. The highest BCUT2D eigenvalue weighted by atomic mass is 32.1. The van der Waals surface area contributed by atoms with Crippen LogP contribution in [0.5, 0.6) is 0 Å². The summed E-state index contributed by atoms with van der Waals surface area (Å²) >= 11 is 1.93. The molecule has 3 heteroatoms. The highest BCUT2D eigenvalue weighted by molar-refractivity contribution is 7.10. The molecule has 1 heterocycles. The smallest absolute Gasteiger partial charge is 0.0331 e. The number of nitrogens with one attached hydrogen (secondary N) is 1. The van der Waals surface area contributed by atoms with Crippen molar-refractivity contribution in [2.75, 3.05) is 20.1 Å². The van der Waals surface area contributed by atoms with Crippen LogP contribution in [-0.2, 0) is 6.42 Å². The zero-order valence-electron chi connectivity index (χ0n) is 10.6. The van der Waals surface area contributed by atoms with E-state index in [1.54, 1.807) is 10.4 Å². The van der Waals surface area contributed by atoms with Crippen LogP contribution in [-0.4, -0.2) is 31.1 Å². The van der Waals surface area contributed by atoms with E-state index in [9.17, 15) is 0 Å². The first-order chi connectivity index (χ1) is 8.34. The molecule has 17 heavy (non-hydrogen) atoms. The number of fused-ring (bicyclic) bond motifs is 1. The van der Waals surface area contributed by atoms with Crippen LogP contribution in [0.15, 0.2) is 11.4 Å². The largest absolute Gasteiger partial charge is 0.309 e. The van der Waals surface area contributed by atoms with Crippen LogP contribution >= 0.6 is 11.3 Å². The normalized spacial score (nSPS) is 24.0. The third-order valence-corrected chi connectivity index (χ3v) is 5.07. The Balaban J connectivity index is 1.49. The molecule has 1 atom stereocenters. The Hall–Kier alpha value is -0.380. The second kappa shape index (κ2) is 5.09. The summed E-state index contributed by atoms with van der Waals surface area (Å²) in [5.74, 6) is 0. The summed E-state index contributed by atoms with van der Waals surface area (Å²) in [6.07, 6.45) is 6.79. The Morgan fingerprint density at radius 3 is 3.12 bits per heavy atom. The fraction of sp³-hybridized carbons (Fsp3) is 0.714. The molecule has 1 N–H and O–H groups in total. The molecular weight excluding hydrogens is 228 g/mol. The Morgan fingerprint density at radius 1 is 1.41 bits per heavy atom. The summed E-state index contributed by atoms with van der Waals surface area (Å²) in [5, 5.41) is 5.99. The molecule has 2 aliphatic rings. The van der Waals surface area contributed by atoms with Gasteiger partial charge in [0.25, 0.3) is 0 Å². The number of thiophene rings is 1. The maximum Gasteiger partial charge on any atom is 0.0331 e. The van der Waals surface area contributed by atoms with E-state index in [1.807, 2.05) is 11.3 Å². The van der Waals surface area contributed by atoms with Crippen molar-refractivity contribution < 1.29 is 0 Å². The molecule has 1 aromatic rings. The molecule has 0 spiro atoms. The van der Waals surface area contributed by atoms with Crippen molar-refractivity contribution in [3.05, 3.63) is 21.9 Å². The van der Waals surface area contributed by atoms with Crippen LogP contribution in [0.1, 0.15) is 42.2 Å². The molecular formula is C14H22N2S. The van der Waals surface area contributed by atoms with Crippen molar-refractivity contribution >= 4 is 11.3 Å². The Bertz CT molecular complexity index is 370. The van der Waals surface area contributed by atoms with Gasteiger partial charge in [0, 0.05) is 30.1 Å². The van der Waals surface area contributed by atoms with Gasteiger partial charge in [0.2, 0.25) is 0 Å². The Morgan fingerprint density at radius 2 is 2.29 bits per heavy atom. The topological polar surface area (TPSA) is 15.3 Å². The summed E-state index contributed by atoms with van der Waals surface area (Å²) in [7, 11) is 2.26. The zero-order chi connectivity index (χ0) is 11.7. The van der Waals surface area contributed by atoms with E-state index < -0.39 is 0 Å². The van der Waals surface area contributed by atoms with E-state index in [0.29, 0.717) is 6.04 Å². The minimum Gasteiger partial charge on any atom is -0.309 e. The standard InChI is InChI=1S/C14H22N2S/c1-16(11-5-6-11)9-8-15-13-3-2-4-14-12(13)7-10-17-14/h7,10-11,13,15H,2-6,8-9H2,1H3. The van der Waals surface area contributed by atoms with E-state index in [1.165, 1.54) is 38.6 Å². The van der Waals surface area contributed by atoms with Crippen LogP contribution in [0.2, 0.25) is 0 Å². The van der Waals surface area contributed by atoms with E-state index in [4.69, 9.17) is 0 Å². The number of hydrogen-bond acceptors (Lipinski definition) is 3. The molecule has 1 unspecified atom stereocenters. The lowest BCUT2D eigenvalue weighted by atomic mass is 9.94. The molecule has 3 rings (SSSR count). The second-order valence-electron chi connectivity index (χ2n) is 5.41. The molecule has 2 nitrogen and oxygen atoms in total. The van der Waals surface area contributed by atoms with Crippen LogP contribution in [0.4, 0.5) is 0 Å². The predicted molar refractivity (Wildman–Crippen MR) is 73.7 cm³/mol. The van der Waals surface area contributed by atoms with Gasteiger partial charge in [-0.05, 0) is 56.2 Å². The molecule has 0 amide bonds. The van der Waals surface area contributed by atoms with Gasteiger partial charge in [0.1, 0.15) is 0 Å². The lowest BCUT2D eigenvalue weighted by Crippen LogP contribution is -2.33. The fourth-order valence-electron chi connectivity index (χ4n) is 2.81. The summed E-state index contributed by atoms with van der Waals surface area (Å²) in [6.45, 7) is 2.33. The number of nitrogens with zero attached hydrogens (tertiary/aromatic N) is 1. The predicted octanol–water partition coefficient (Wildman–Crippen LogP) is 2.81. The molecule has 1 saturated carbocycles. The summed E-state index contributed by atoms with van der Waals surface area (Å²) in [6, 6.07) is 3.83. The lowest BCUT2D eigenvalue weighted by Gasteiger charge is -2.25. The van der Waals surface area contributed by atoms with Gasteiger partial charge >= 0.3 is 0 Å². The van der Waals surface area contributed by atoms with E-state index in [-0.39, 0.29) is 0 Å². The lowest BCUT2D eigenvalue weighted by molar-refractivity contribution is 0.310. The number of hydrogen-bond donors (Lipinski definition) is 1. The first-order valence-electron chi connectivity index (χ1n) is 6.84. The van der Waals surface area contributed by atoms with Crippen molar-refractivity contribution in [3.8, 4) is 0 Å². The van der Waals surface area contributed by atoms with Gasteiger partial charge in [-0.25, -0.2) is 0 Å². The SMILES string of the molecule is CN(CCNC1CCCc2sccc21)C1CC1. The average molecular weight is 250 g/mol. The van der Waals surface area contributed by atoms with Crippen LogP contribution in [0, 0.1) is 0 Å². The monoisotopic (exact) mass is 250 g/mol. The van der Waals surface area contributed by atoms with Crippen molar-refractivity contribution in [1.82, 2.24) is 10.2 Å². The van der Waals surface area contributed by atoms with Crippen molar-refractivity contribution in [1.29, 1.82) is 0 Å². The van der Waals surface area contributed by atoms with Gasteiger partial charge in [-0.3, -0.25) is 0 Å². The third-order valence-electron chi connectivity index (χ3n) is 4.08. The Kier molecular flexibility index (Phi) is 3.50. The summed E-state index contributed by atoms with van der Waals surface area (Å²) in [4.78, 5) is 4.12. The maximum absolute atomic E-state index is 3.74. The summed E-state index contributed by atoms with van der Waals surface area (Å²) < 4.78 is 0. The Labute approximate surface area is 108 Å². The first kappa shape index (κ1) is 11.7. The quantitative estimate of drug-likeness (QED) is 0.864. The van der Waals surface area contributed by atoms with E-state index in [0.717, 1.165) is 12.6 Å². The van der Waals surface area contributed by atoms with E-state index in [2.05, 4.69) is 28.7 Å². The third kappa shape index (κ3) is 2.72. The van der Waals surface area contributed by atoms with Gasteiger partial charge in [-0.2, -0.15) is 0 Å². The van der Waals surface area contributed by atoms with Gasteiger partial charge in [0.05, 0.1) is 0 Å². The molecule has 1 aromatic heterocycles. The van der Waals surface area contributed by atoms with Gasteiger partial charge in [-0.15, -0.1) is 11.3 Å². The highest BCUT2D eigenvalue weighted by Crippen LogP contribution is 2.33. The highest BCUT2D eigenvalue weighted by Gasteiger charge is 2.26. The van der Waals surface area contributed by atoms with Crippen LogP contribution in [0.25, 0.3) is 0 Å². The van der Waals surface area contributed by atoms with E-state index >= 15 is 0 Å². The molecule has 0 aliphatic heterocycles. The van der Waals surface area contributed by atoms with Gasteiger partial charge < -0.3 is 10.2 Å². The van der Waals surface area contributed by atoms with Crippen molar-refractivity contribution in [2.24, 2.45) is 0 Å². The zero-order valence-corrected chi connectivity index (χ0v) is 11.4. The number of likely N-dealkylation sites (N-methyl/N-ethyl adjacent to an activating group) is 1. The molecule has 1 fully saturated rings. The number of aryl methyl sites for hydroxylation is 1. The van der Waals surface area contributed by atoms with Gasteiger partial charge in [-0.1, -0.05) is 0 Å². The van der Waals surface area contributed by atoms with Crippen LogP contribution < -0.4 is 5.32 Å². The first-order valence-corrected chi connectivity index (χ1v) is 7.72.